The molecule has 0 N–H and O–H groups in total. The Hall–Kier alpha value is -2.63. The number of ether oxygens (including phenoxy) is 3. The van der Waals surface area contributed by atoms with Crippen LogP contribution in [-0.2, 0) is 28.6 Å². The maximum absolute atomic E-state index is 12.8. The molecule has 0 saturated heterocycles. The summed E-state index contributed by atoms with van der Waals surface area (Å²) in [6.07, 6.45) is 77.6. The number of allylic oxidation sites excluding steroid dienone is 8. The molecule has 0 aromatic heterocycles. The van der Waals surface area contributed by atoms with Gasteiger partial charge < -0.3 is 14.2 Å². The van der Waals surface area contributed by atoms with Crippen molar-refractivity contribution in [1.29, 1.82) is 0 Å². The van der Waals surface area contributed by atoms with E-state index in [0.29, 0.717) is 19.3 Å². The Labute approximate surface area is 454 Å². The van der Waals surface area contributed by atoms with E-state index in [-0.39, 0.29) is 31.1 Å². The van der Waals surface area contributed by atoms with Crippen LogP contribution in [0.4, 0.5) is 0 Å². The molecule has 0 heterocycles. The second kappa shape index (κ2) is 61.9. The van der Waals surface area contributed by atoms with Crippen molar-refractivity contribution in [3.8, 4) is 0 Å². The van der Waals surface area contributed by atoms with Crippen molar-refractivity contribution in [2.24, 2.45) is 0 Å². The smallest absolute Gasteiger partial charge is 0.306 e. The molecule has 0 fully saturated rings. The van der Waals surface area contributed by atoms with Gasteiger partial charge in [0.2, 0.25) is 0 Å². The van der Waals surface area contributed by atoms with Crippen LogP contribution in [0.2, 0.25) is 0 Å². The summed E-state index contributed by atoms with van der Waals surface area (Å²) < 4.78 is 16.8. The molecule has 6 heteroatoms. The molecule has 1 atom stereocenters. The van der Waals surface area contributed by atoms with Crippen LogP contribution in [0.15, 0.2) is 48.6 Å². The lowest BCUT2D eigenvalue weighted by molar-refractivity contribution is -0.167. The lowest BCUT2D eigenvalue weighted by atomic mass is 10.0. The zero-order chi connectivity index (χ0) is 52.9. The third-order valence-electron chi connectivity index (χ3n) is 14.3. The number of hydrogen-bond donors (Lipinski definition) is 0. The normalized spacial score (nSPS) is 12.3. The SMILES string of the molecule is CC/C=C\C/C=C\C/C=C\CCCCCC(=O)OC(COC(=O)CCCCCCCCC)COC(=O)CCCCCCCCCCCCCCCCCCCCCCCCC/C=C\CCCCCCCCCC. The largest absolute Gasteiger partial charge is 0.462 e. The molecule has 0 aliphatic carbocycles. The van der Waals surface area contributed by atoms with E-state index < -0.39 is 6.10 Å². The van der Waals surface area contributed by atoms with Crippen molar-refractivity contribution in [3.63, 3.8) is 0 Å². The first-order valence-corrected chi connectivity index (χ1v) is 32.1. The highest BCUT2D eigenvalue weighted by Gasteiger charge is 2.19. The van der Waals surface area contributed by atoms with Crippen LogP contribution in [-0.4, -0.2) is 37.2 Å². The Balaban J connectivity index is 3.90. The molecule has 0 aliphatic rings. The molecule has 0 radical (unpaired) electrons. The molecular weight excluding hydrogens is 901 g/mol. The summed E-state index contributed by atoms with van der Waals surface area (Å²) >= 11 is 0. The summed E-state index contributed by atoms with van der Waals surface area (Å²) in [4.78, 5) is 37.9. The summed E-state index contributed by atoms with van der Waals surface area (Å²) in [6, 6.07) is 0. The first-order chi connectivity index (χ1) is 36.0. The molecule has 0 rings (SSSR count). The van der Waals surface area contributed by atoms with Crippen molar-refractivity contribution in [2.75, 3.05) is 13.2 Å². The number of hydrogen-bond acceptors (Lipinski definition) is 6. The van der Waals surface area contributed by atoms with Gasteiger partial charge in [0.1, 0.15) is 13.2 Å². The van der Waals surface area contributed by atoms with Gasteiger partial charge >= 0.3 is 17.9 Å². The number of esters is 3. The predicted octanol–water partition coefficient (Wildman–Crippen LogP) is 21.8. The molecule has 0 amide bonds. The summed E-state index contributed by atoms with van der Waals surface area (Å²) in [5, 5.41) is 0. The molecule has 0 aromatic carbocycles. The van der Waals surface area contributed by atoms with Crippen LogP contribution in [0, 0.1) is 0 Å². The van der Waals surface area contributed by atoms with Crippen molar-refractivity contribution >= 4 is 17.9 Å². The highest BCUT2D eigenvalue weighted by Crippen LogP contribution is 2.18. The van der Waals surface area contributed by atoms with Gasteiger partial charge in [-0.1, -0.05) is 294 Å². The van der Waals surface area contributed by atoms with Gasteiger partial charge in [-0.15, -0.1) is 0 Å². The van der Waals surface area contributed by atoms with E-state index in [1.807, 2.05) is 0 Å². The third kappa shape index (κ3) is 60.1. The molecule has 6 nitrogen and oxygen atoms in total. The molecule has 0 spiro atoms. The van der Waals surface area contributed by atoms with Gasteiger partial charge in [-0.25, -0.2) is 0 Å². The topological polar surface area (TPSA) is 78.9 Å². The fourth-order valence-electron chi connectivity index (χ4n) is 9.51. The van der Waals surface area contributed by atoms with Crippen molar-refractivity contribution < 1.29 is 28.6 Å². The lowest BCUT2D eigenvalue weighted by Gasteiger charge is -2.18. The maximum atomic E-state index is 12.8. The highest BCUT2D eigenvalue weighted by atomic mass is 16.6. The first-order valence-electron chi connectivity index (χ1n) is 32.1. The van der Waals surface area contributed by atoms with Gasteiger partial charge in [-0.2, -0.15) is 0 Å². The van der Waals surface area contributed by atoms with E-state index in [2.05, 4.69) is 69.4 Å². The Bertz CT molecular complexity index is 1270. The Morgan fingerprint density at radius 3 is 0.863 bits per heavy atom. The molecular formula is C67H122O6. The van der Waals surface area contributed by atoms with Crippen molar-refractivity contribution in [1.82, 2.24) is 0 Å². The second-order valence-electron chi connectivity index (χ2n) is 21.6. The van der Waals surface area contributed by atoms with Crippen LogP contribution in [0.3, 0.4) is 0 Å². The summed E-state index contributed by atoms with van der Waals surface area (Å²) in [5.41, 5.74) is 0. The van der Waals surface area contributed by atoms with Gasteiger partial charge in [0.15, 0.2) is 6.10 Å². The molecule has 0 aliphatic heterocycles. The van der Waals surface area contributed by atoms with Gasteiger partial charge in [-0.05, 0) is 77.0 Å². The quantitative estimate of drug-likeness (QED) is 0.0261. The monoisotopic (exact) mass is 1020 g/mol. The summed E-state index contributed by atoms with van der Waals surface area (Å²) in [7, 11) is 0. The summed E-state index contributed by atoms with van der Waals surface area (Å²) in [6.45, 7) is 6.49. The average Bonchev–Trinajstić information content (AvgIpc) is 3.39. The van der Waals surface area contributed by atoms with Crippen molar-refractivity contribution in [3.05, 3.63) is 48.6 Å². The molecule has 1 unspecified atom stereocenters. The van der Waals surface area contributed by atoms with Gasteiger partial charge in [0.25, 0.3) is 0 Å². The predicted molar refractivity (Wildman–Crippen MR) is 316 cm³/mol. The molecule has 0 bridgehead atoms. The standard InChI is InChI=1S/C67H122O6/c1-4-7-10-13-16-18-20-22-23-24-25-26-27-28-29-30-31-32-33-34-35-36-37-38-39-40-41-42-43-45-46-48-51-54-57-60-66(69)72-63-64(62-71-65(68)59-56-53-50-15-12-9-6-3)73-67(70)61-58-55-52-49-47-44-21-19-17-14-11-8-5-2/h8,11,17,19,24-25,44,47,64H,4-7,9-10,12-16,18,20-23,26-43,45-46,48-63H2,1-3H3/b11-8-,19-17-,25-24-,47-44-. The fraction of sp³-hybridized carbons (Fsp3) is 0.836. The van der Waals surface area contributed by atoms with E-state index in [4.69, 9.17) is 14.2 Å². The van der Waals surface area contributed by atoms with Crippen LogP contribution in [0.5, 0.6) is 0 Å². The number of rotatable bonds is 59. The minimum Gasteiger partial charge on any atom is -0.462 e. The first kappa shape index (κ1) is 70.4. The number of carbonyl (C=O) groups excluding carboxylic acids is 3. The Morgan fingerprint density at radius 2 is 0.534 bits per heavy atom. The van der Waals surface area contributed by atoms with Gasteiger partial charge in [0, 0.05) is 19.3 Å². The average molecular weight is 1020 g/mol. The van der Waals surface area contributed by atoms with Crippen LogP contribution >= 0.6 is 0 Å². The zero-order valence-corrected chi connectivity index (χ0v) is 48.9. The van der Waals surface area contributed by atoms with E-state index >= 15 is 0 Å². The minimum atomic E-state index is -0.783. The van der Waals surface area contributed by atoms with Gasteiger partial charge in [0.05, 0.1) is 0 Å². The minimum absolute atomic E-state index is 0.0814. The van der Waals surface area contributed by atoms with Gasteiger partial charge in [-0.3, -0.25) is 14.4 Å². The van der Waals surface area contributed by atoms with Crippen LogP contribution in [0.1, 0.15) is 342 Å². The molecule has 73 heavy (non-hydrogen) atoms. The molecule has 0 saturated carbocycles. The number of unbranched alkanes of at least 4 members (excludes halogenated alkanes) is 40. The van der Waals surface area contributed by atoms with E-state index in [0.717, 1.165) is 83.5 Å². The molecule has 426 valence electrons. The third-order valence-corrected chi connectivity index (χ3v) is 14.3. The summed E-state index contributed by atoms with van der Waals surface area (Å²) in [5.74, 6) is -0.904. The van der Waals surface area contributed by atoms with Crippen molar-refractivity contribution in [2.45, 2.75) is 348 Å². The Kier molecular flexibility index (Phi) is 59.7. The van der Waals surface area contributed by atoms with E-state index in [9.17, 15) is 14.4 Å². The number of carbonyl (C=O) groups is 3. The van der Waals surface area contributed by atoms with E-state index in [1.54, 1.807) is 0 Å². The highest BCUT2D eigenvalue weighted by molar-refractivity contribution is 5.71. The maximum Gasteiger partial charge on any atom is 0.306 e. The Morgan fingerprint density at radius 1 is 0.288 bits per heavy atom. The lowest BCUT2D eigenvalue weighted by Crippen LogP contribution is -2.30. The molecule has 0 aromatic rings. The second-order valence-corrected chi connectivity index (χ2v) is 21.6. The zero-order valence-electron chi connectivity index (χ0n) is 48.9. The van der Waals surface area contributed by atoms with Crippen LogP contribution in [0.25, 0.3) is 0 Å². The van der Waals surface area contributed by atoms with Crippen LogP contribution < -0.4 is 0 Å². The fourth-order valence-corrected chi connectivity index (χ4v) is 9.51. The van der Waals surface area contributed by atoms with E-state index in [1.165, 1.54) is 218 Å².